The van der Waals surface area contributed by atoms with Gasteiger partial charge in [0.1, 0.15) is 15.9 Å². The van der Waals surface area contributed by atoms with E-state index in [9.17, 15) is 19.8 Å². The van der Waals surface area contributed by atoms with E-state index in [-0.39, 0.29) is 41.3 Å². The monoisotopic (exact) mass is 493 g/mol. The molecule has 0 radical (unpaired) electrons. The van der Waals surface area contributed by atoms with Crippen molar-refractivity contribution in [1.82, 2.24) is 9.97 Å². The van der Waals surface area contributed by atoms with Crippen LogP contribution in [0.15, 0.2) is 42.1 Å². The molecule has 2 aromatic rings. The number of allylic oxidation sites excluding steroid dienone is 4. The zero-order chi connectivity index (χ0) is 24.6. The summed E-state index contributed by atoms with van der Waals surface area (Å²) in [5, 5.41) is 27.1. The molecule has 184 valence electrons. The van der Waals surface area contributed by atoms with E-state index in [0.717, 1.165) is 35.2 Å². The third kappa shape index (κ3) is 3.22. The summed E-state index contributed by atoms with van der Waals surface area (Å²) < 4.78 is 0. The maximum Gasteiger partial charge on any atom is 0.185 e. The van der Waals surface area contributed by atoms with E-state index in [1.54, 1.807) is 18.3 Å². The standard InChI is InChI=1S/C27H31N3O4S/c1-25-9-7-16(31)12-15(25)5-6-17-18-8-10-27(34,26(18,2)13-20(32)22(17)25)21(33)14-29-24-30-19-4-3-11-28-23(19)35-24/h3-4,7,9,11-12,17-18,20,22,32,34H,5-6,8,10,13-14H2,1-2H3,(H,29,30)/t17?,18?,20-,22?,25?,26?,27-/m0/s1. The van der Waals surface area contributed by atoms with E-state index < -0.39 is 17.1 Å². The Morgan fingerprint density at radius 2 is 2.14 bits per heavy atom. The van der Waals surface area contributed by atoms with Crippen molar-refractivity contribution in [1.29, 1.82) is 0 Å². The Morgan fingerprint density at radius 3 is 2.94 bits per heavy atom. The lowest BCUT2D eigenvalue weighted by Gasteiger charge is -2.59. The molecule has 5 unspecified atom stereocenters. The minimum Gasteiger partial charge on any atom is -0.393 e. The maximum absolute atomic E-state index is 13.5. The number of nitrogens with zero attached hydrogens (tertiary/aromatic N) is 2. The van der Waals surface area contributed by atoms with Crippen molar-refractivity contribution >= 4 is 38.4 Å². The predicted molar refractivity (Wildman–Crippen MR) is 134 cm³/mol. The first-order valence-corrected chi connectivity index (χ1v) is 13.3. The van der Waals surface area contributed by atoms with Gasteiger partial charge in [-0.2, -0.15) is 0 Å². The van der Waals surface area contributed by atoms with Gasteiger partial charge >= 0.3 is 0 Å². The average Bonchev–Trinajstić information content (AvgIpc) is 3.36. The van der Waals surface area contributed by atoms with Crippen LogP contribution in [0.5, 0.6) is 0 Å². The molecule has 7 atom stereocenters. The number of aromatic nitrogens is 2. The molecule has 4 aliphatic carbocycles. The molecule has 8 heteroatoms. The van der Waals surface area contributed by atoms with Crippen molar-refractivity contribution in [3.8, 4) is 0 Å². The molecule has 3 N–H and O–H groups in total. The summed E-state index contributed by atoms with van der Waals surface area (Å²) in [5.74, 6) is 0.0833. The van der Waals surface area contributed by atoms with Gasteiger partial charge in [0, 0.05) is 22.9 Å². The van der Waals surface area contributed by atoms with E-state index in [1.165, 1.54) is 11.3 Å². The van der Waals surface area contributed by atoms with Crippen LogP contribution in [0.1, 0.15) is 46.0 Å². The van der Waals surface area contributed by atoms with Crippen LogP contribution in [0, 0.1) is 28.6 Å². The van der Waals surface area contributed by atoms with Gasteiger partial charge in [0.2, 0.25) is 0 Å². The lowest BCUT2D eigenvalue weighted by atomic mass is 9.46. The fraction of sp³-hybridized carbons (Fsp3) is 0.556. The normalized spacial score (nSPS) is 40.1. The second-order valence-corrected chi connectivity index (χ2v) is 12.2. The number of thiazole rings is 1. The summed E-state index contributed by atoms with van der Waals surface area (Å²) in [6.45, 7) is 4.11. The molecule has 0 aliphatic heterocycles. The molecule has 0 saturated heterocycles. The van der Waals surface area contributed by atoms with Crippen molar-refractivity contribution < 1.29 is 19.8 Å². The quantitative estimate of drug-likeness (QED) is 0.596. The van der Waals surface area contributed by atoms with Gasteiger partial charge in [-0.05, 0) is 68.2 Å². The van der Waals surface area contributed by atoms with Crippen LogP contribution in [0.25, 0.3) is 10.3 Å². The molecule has 6 rings (SSSR count). The van der Waals surface area contributed by atoms with E-state index in [0.29, 0.717) is 18.0 Å². The molecule has 35 heavy (non-hydrogen) atoms. The van der Waals surface area contributed by atoms with E-state index in [4.69, 9.17) is 0 Å². The molecular weight excluding hydrogens is 462 g/mol. The molecule has 2 aromatic heterocycles. The number of Topliss-reactive ketones (excluding diaryl/α,β-unsaturated/α-hetero) is 1. The number of pyridine rings is 1. The highest BCUT2D eigenvalue weighted by Crippen LogP contribution is 2.67. The average molecular weight is 494 g/mol. The minimum atomic E-state index is -1.50. The van der Waals surface area contributed by atoms with Crippen LogP contribution >= 0.6 is 11.3 Å². The van der Waals surface area contributed by atoms with Gasteiger partial charge < -0.3 is 15.5 Å². The van der Waals surface area contributed by atoms with Gasteiger partial charge in [-0.15, -0.1) is 0 Å². The third-order valence-electron chi connectivity index (χ3n) is 9.68. The Balaban J connectivity index is 1.25. The number of carbonyl (C=O) groups is 2. The van der Waals surface area contributed by atoms with Crippen molar-refractivity contribution in [3.63, 3.8) is 0 Å². The van der Waals surface area contributed by atoms with E-state index in [1.807, 2.05) is 25.1 Å². The summed E-state index contributed by atoms with van der Waals surface area (Å²) in [4.78, 5) is 35.1. The van der Waals surface area contributed by atoms with Gasteiger partial charge in [0.15, 0.2) is 16.7 Å². The van der Waals surface area contributed by atoms with Crippen LogP contribution in [0.3, 0.4) is 0 Å². The number of hydrogen-bond donors (Lipinski definition) is 3. The highest BCUT2D eigenvalue weighted by atomic mass is 32.1. The van der Waals surface area contributed by atoms with Crippen LogP contribution in [-0.2, 0) is 9.59 Å². The zero-order valence-electron chi connectivity index (χ0n) is 20.0. The molecule has 0 bridgehead atoms. The van der Waals surface area contributed by atoms with Crippen LogP contribution in [-0.4, -0.2) is 50.0 Å². The Labute approximate surface area is 208 Å². The Bertz CT molecular complexity index is 1250. The van der Waals surface area contributed by atoms with E-state index >= 15 is 0 Å². The lowest BCUT2D eigenvalue weighted by Crippen LogP contribution is -2.62. The zero-order valence-corrected chi connectivity index (χ0v) is 20.8. The van der Waals surface area contributed by atoms with Gasteiger partial charge in [-0.25, -0.2) is 9.97 Å². The molecule has 3 saturated carbocycles. The number of ketones is 2. The van der Waals surface area contributed by atoms with Crippen LogP contribution < -0.4 is 5.32 Å². The lowest BCUT2D eigenvalue weighted by molar-refractivity contribution is -0.175. The minimum absolute atomic E-state index is 0.0156. The molecule has 0 amide bonds. The fourth-order valence-corrected chi connectivity index (χ4v) is 8.74. The first-order valence-electron chi connectivity index (χ1n) is 12.5. The molecule has 2 heterocycles. The third-order valence-corrected chi connectivity index (χ3v) is 10.6. The van der Waals surface area contributed by atoms with Crippen LogP contribution in [0.4, 0.5) is 5.13 Å². The number of hydrogen-bond acceptors (Lipinski definition) is 8. The smallest absolute Gasteiger partial charge is 0.185 e. The molecule has 3 fully saturated rings. The number of aliphatic hydroxyl groups excluding tert-OH is 1. The second kappa shape index (κ2) is 7.79. The van der Waals surface area contributed by atoms with Gasteiger partial charge in [0.05, 0.1) is 12.6 Å². The Kier molecular flexibility index (Phi) is 5.12. The van der Waals surface area contributed by atoms with E-state index in [2.05, 4.69) is 22.2 Å². The highest BCUT2D eigenvalue weighted by Gasteiger charge is 2.68. The largest absolute Gasteiger partial charge is 0.393 e. The fourth-order valence-electron chi connectivity index (χ4n) is 7.94. The SMILES string of the molecule is CC12C=CC(=O)C=C1CCC1C2[C@@H](O)CC2(C)C1CC[C@]2(O)C(=O)CNc1nc2cccnc2s1. The second-order valence-electron chi connectivity index (χ2n) is 11.2. The van der Waals surface area contributed by atoms with Gasteiger partial charge in [-0.1, -0.05) is 36.8 Å². The number of aliphatic hydroxyl groups is 2. The van der Waals surface area contributed by atoms with Crippen LogP contribution in [0.2, 0.25) is 0 Å². The number of rotatable bonds is 4. The van der Waals surface area contributed by atoms with Crippen molar-refractivity contribution in [2.75, 3.05) is 11.9 Å². The maximum atomic E-state index is 13.5. The summed E-state index contributed by atoms with van der Waals surface area (Å²) in [7, 11) is 0. The molecule has 0 aromatic carbocycles. The Hall–Kier alpha value is -2.42. The number of nitrogens with one attached hydrogen (secondary N) is 1. The van der Waals surface area contributed by atoms with Crippen molar-refractivity contribution in [2.24, 2.45) is 28.6 Å². The Morgan fingerprint density at radius 1 is 1.31 bits per heavy atom. The van der Waals surface area contributed by atoms with Gasteiger partial charge in [0.25, 0.3) is 0 Å². The topological polar surface area (TPSA) is 112 Å². The summed E-state index contributed by atoms with van der Waals surface area (Å²) >= 11 is 1.39. The molecule has 4 aliphatic rings. The van der Waals surface area contributed by atoms with Crippen molar-refractivity contribution in [2.45, 2.75) is 57.7 Å². The first-order chi connectivity index (χ1) is 16.7. The number of carbonyl (C=O) groups excluding carboxylic acids is 2. The molecule has 7 nitrogen and oxygen atoms in total. The highest BCUT2D eigenvalue weighted by molar-refractivity contribution is 7.21. The number of anilines is 1. The summed E-state index contributed by atoms with van der Waals surface area (Å²) in [6, 6.07) is 3.71. The van der Waals surface area contributed by atoms with Crippen molar-refractivity contribution in [3.05, 3.63) is 42.1 Å². The molecule has 0 spiro atoms. The molecular formula is C27H31N3O4S. The van der Waals surface area contributed by atoms with Gasteiger partial charge in [-0.3, -0.25) is 9.59 Å². The number of fused-ring (bicyclic) bond motifs is 6. The first kappa shape index (κ1) is 23.0. The summed E-state index contributed by atoms with van der Waals surface area (Å²) in [5.41, 5.74) is -0.676. The predicted octanol–water partition coefficient (Wildman–Crippen LogP) is 3.68. The summed E-state index contributed by atoms with van der Waals surface area (Å²) in [6.07, 6.45) is 9.62.